The van der Waals surface area contributed by atoms with Crippen LogP contribution in [-0.2, 0) is 0 Å². The van der Waals surface area contributed by atoms with Crippen molar-refractivity contribution in [3.63, 3.8) is 0 Å². The van der Waals surface area contributed by atoms with Crippen molar-refractivity contribution in [2.45, 2.75) is 26.7 Å². The molecule has 0 saturated carbocycles. The zero-order chi connectivity index (χ0) is 13.8. The van der Waals surface area contributed by atoms with Crippen LogP contribution in [-0.4, -0.2) is 0 Å². The molecular weight excluding hydrogens is 234 g/mol. The summed E-state index contributed by atoms with van der Waals surface area (Å²) in [5.74, 6) is 1.83. The van der Waals surface area contributed by atoms with E-state index in [0.717, 1.165) is 11.3 Å². The van der Waals surface area contributed by atoms with E-state index in [1.54, 1.807) is 0 Å². The quantitative estimate of drug-likeness (QED) is 0.786. The van der Waals surface area contributed by atoms with Gasteiger partial charge in [0, 0.05) is 0 Å². The van der Waals surface area contributed by atoms with Crippen molar-refractivity contribution >= 4 is 0 Å². The first-order valence-electron chi connectivity index (χ1n) is 6.38. The van der Waals surface area contributed by atoms with Crippen molar-refractivity contribution in [1.29, 1.82) is 5.26 Å². The smallest absolute Gasteiger partial charge is 0.145 e. The van der Waals surface area contributed by atoms with Crippen LogP contribution >= 0.6 is 0 Å². The second-order valence-corrected chi connectivity index (χ2v) is 4.94. The number of hydrogen-bond donors (Lipinski definition) is 0. The Labute approximate surface area is 114 Å². The van der Waals surface area contributed by atoms with Gasteiger partial charge in [0.05, 0.1) is 5.56 Å². The van der Waals surface area contributed by atoms with Gasteiger partial charge in [0.25, 0.3) is 0 Å². The maximum Gasteiger partial charge on any atom is 0.145 e. The van der Waals surface area contributed by atoms with Crippen LogP contribution in [0.3, 0.4) is 0 Å². The van der Waals surface area contributed by atoms with E-state index in [9.17, 15) is 0 Å². The Hall–Kier alpha value is -2.27. The van der Waals surface area contributed by atoms with Crippen LogP contribution in [0.25, 0.3) is 0 Å². The van der Waals surface area contributed by atoms with Crippen LogP contribution in [0.2, 0.25) is 0 Å². The predicted octanol–water partition coefficient (Wildman–Crippen LogP) is 4.78. The van der Waals surface area contributed by atoms with Crippen molar-refractivity contribution in [2.75, 3.05) is 0 Å². The highest BCUT2D eigenvalue weighted by atomic mass is 16.5. The summed E-state index contributed by atoms with van der Waals surface area (Å²) in [5.41, 5.74) is 2.85. The molecule has 2 aromatic rings. The molecule has 0 amide bonds. The monoisotopic (exact) mass is 251 g/mol. The zero-order valence-electron chi connectivity index (χ0n) is 11.5. The number of nitrogens with zero attached hydrogens (tertiary/aromatic N) is 1. The van der Waals surface area contributed by atoms with E-state index in [4.69, 9.17) is 10.00 Å². The summed E-state index contributed by atoms with van der Waals surface area (Å²) in [6.45, 7) is 6.25. The van der Waals surface area contributed by atoms with E-state index in [1.807, 2.05) is 43.3 Å². The van der Waals surface area contributed by atoms with Gasteiger partial charge in [-0.1, -0.05) is 32.0 Å². The summed E-state index contributed by atoms with van der Waals surface area (Å²) >= 11 is 0. The minimum absolute atomic E-state index is 0.456. The predicted molar refractivity (Wildman–Crippen MR) is 76.5 cm³/mol. The van der Waals surface area contributed by atoms with Gasteiger partial charge in [0.2, 0.25) is 0 Å². The van der Waals surface area contributed by atoms with Gasteiger partial charge < -0.3 is 4.74 Å². The highest BCUT2D eigenvalue weighted by Crippen LogP contribution is 2.28. The average Bonchev–Trinajstić information content (AvgIpc) is 2.41. The molecule has 19 heavy (non-hydrogen) atoms. The van der Waals surface area contributed by atoms with E-state index in [1.165, 1.54) is 5.56 Å². The van der Waals surface area contributed by atoms with Gasteiger partial charge >= 0.3 is 0 Å². The first kappa shape index (κ1) is 13.2. The Balaban J connectivity index is 2.31. The highest BCUT2D eigenvalue weighted by Gasteiger charge is 2.06. The van der Waals surface area contributed by atoms with Gasteiger partial charge in [-0.2, -0.15) is 5.26 Å². The van der Waals surface area contributed by atoms with Crippen molar-refractivity contribution < 1.29 is 4.74 Å². The van der Waals surface area contributed by atoms with E-state index in [0.29, 0.717) is 17.2 Å². The van der Waals surface area contributed by atoms with Crippen LogP contribution < -0.4 is 4.74 Å². The molecule has 0 aliphatic heterocycles. The molecule has 0 saturated heterocycles. The fourth-order valence-electron chi connectivity index (χ4n) is 1.88. The van der Waals surface area contributed by atoms with Gasteiger partial charge in [-0.3, -0.25) is 0 Å². The Morgan fingerprint density at radius 3 is 2.58 bits per heavy atom. The van der Waals surface area contributed by atoms with Gasteiger partial charge in [-0.15, -0.1) is 0 Å². The molecule has 0 spiro atoms. The molecule has 2 rings (SSSR count). The maximum absolute atomic E-state index is 9.13. The van der Waals surface area contributed by atoms with Gasteiger partial charge in [0.1, 0.15) is 17.6 Å². The lowest BCUT2D eigenvalue weighted by atomic mass is 10.0. The fourth-order valence-corrected chi connectivity index (χ4v) is 1.88. The Morgan fingerprint density at radius 1 is 1.11 bits per heavy atom. The average molecular weight is 251 g/mol. The number of hydrogen-bond acceptors (Lipinski definition) is 2. The molecule has 0 aliphatic rings. The van der Waals surface area contributed by atoms with Gasteiger partial charge in [0.15, 0.2) is 0 Å². The Morgan fingerprint density at radius 2 is 1.89 bits per heavy atom. The number of aryl methyl sites for hydroxylation is 1. The van der Waals surface area contributed by atoms with Crippen LogP contribution in [0, 0.1) is 18.3 Å². The molecule has 0 unspecified atom stereocenters. The third kappa shape index (κ3) is 3.14. The summed E-state index contributed by atoms with van der Waals surface area (Å²) in [5, 5.41) is 9.13. The molecule has 2 heteroatoms. The molecule has 0 fully saturated rings. The Bertz CT molecular complexity index is 623. The second-order valence-electron chi connectivity index (χ2n) is 4.94. The largest absolute Gasteiger partial charge is 0.456 e. The molecular formula is C17H17NO. The second kappa shape index (κ2) is 5.58. The van der Waals surface area contributed by atoms with E-state index < -0.39 is 0 Å². The van der Waals surface area contributed by atoms with Crippen LogP contribution in [0.4, 0.5) is 0 Å². The minimum Gasteiger partial charge on any atom is -0.456 e. The van der Waals surface area contributed by atoms with Crippen molar-refractivity contribution in [3.05, 3.63) is 59.2 Å². The van der Waals surface area contributed by atoms with Gasteiger partial charge in [-0.25, -0.2) is 0 Å². The molecule has 0 aliphatic carbocycles. The van der Waals surface area contributed by atoms with Crippen molar-refractivity contribution in [1.82, 2.24) is 0 Å². The number of rotatable bonds is 3. The van der Waals surface area contributed by atoms with E-state index in [-0.39, 0.29) is 0 Å². The van der Waals surface area contributed by atoms with Crippen LogP contribution in [0.15, 0.2) is 42.5 Å². The molecule has 0 atom stereocenters. The maximum atomic E-state index is 9.13. The normalized spacial score (nSPS) is 10.3. The first-order chi connectivity index (χ1) is 9.10. The lowest BCUT2D eigenvalue weighted by molar-refractivity contribution is 0.480. The number of ether oxygens (including phenoxy) is 1. The van der Waals surface area contributed by atoms with E-state index in [2.05, 4.69) is 26.0 Å². The van der Waals surface area contributed by atoms with Crippen molar-refractivity contribution in [2.24, 2.45) is 0 Å². The lowest BCUT2D eigenvalue weighted by Crippen LogP contribution is -1.91. The molecule has 0 heterocycles. The Kier molecular flexibility index (Phi) is 3.87. The number of nitriles is 1. The molecule has 2 aromatic carbocycles. The fraction of sp³-hybridized carbons (Fsp3) is 0.235. The van der Waals surface area contributed by atoms with Crippen molar-refractivity contribution in [3.8, 4) is 17.6 Å². The lowest BCUT2D eigenvalue weighted by Gasteiger charge is -2.11. The SMILES string of the molecule is Cc1ccc(Oc2cccc(C(C)C)c2)c(C#N)c1. The molecule has 0 radical (unpaired) electrons. The first-order valence-corrected chi connectivity index (χ1v) is 6.38. The van der Waals surface area contributed by atoms with E-state index >= 15 is 0 Å². The third-order valence-electron chi connectivity index (χ3n) is 3.01. The standard InChI is InChI=1S/C17H17NO/c1-12(2)14-5-4-6-16(10-14)19-17-8-7-13(3)9-15(17)11-18/h4-10,12H,1-3H3. The van der Waals surface area contributed by atoms with Crippen LogP contribution in [0.5, 0.6) is 11.5 Å². The molecule has 0 bridgehead atoms. The molecule has 96 valence electrons. The number of benzene rings is 2. The topological polar surface area (TPSA) is 33.0 Å². The summed E-state index contributed by atoms with van der Waals surface area (Å²) in [7, 11) is 0. The summed E-state index contributed by atoms with van der Waals surface area (Å²) in [6, 6.07) is 15.8. The molecule has 0 aromatic heterocycles. The zero-order valence-corrected chi connectivity index (χ0v) is 11.5. The summed E-state index contributed by atoms with van der Waals surface area (Å²) < 4.78 is 5.82. The third-order valence-corrected chi connectivity index (χ3v) is 3.01. The molecule has 2 nitrogen and oxygen atoms in total. The van der Waals surface area contributed by atoms with Crippen LogP contribution in [0.1, 0.15) is 36.5 Å². The summed E-state index contributed by atoms with van der Waals surface area (Å²) in [6.07, 6.45) is 0. The molecule has 0 N–H and O–H groups in total. The minimum atomic E-state index is 0.456. The highest BCUT2D eigenvalue weighted by molar-refractivity contribution is 5.47. The van der Waals surface area contributed by atoms with Gasteiger partial charge in [-0.05, 0) is 48.2 Å². The summed E-state index contributed by atoms with van der Waals surface area (Å²) in [4.78, 5) is 0.